The standard InChI is InChI=1S/C14H22N2O3S/c1-4-20(17,18)15-7-8-16-10-12(3)19-14-6-5-11(2)9-13(14)16/h5-6,9,12,15H,4,7-8,10H2,1-3H3. The van der Waals surface area contributed by atoms with Crippen LogP contribution in [0.25, 0.3) is 0 Å². The number of sulfonamides is 1. The summed E-state index contributed by atoms with van der Waals surface area (Å²) in [7, 11) is -3.13. The third kappa shape index (κ3) is 3.64. The summed E-state index contributed by atoms with van der Waals surface area (Å²) in [6.45, 7) is 7.52. The normalized spacial score (nSPS) is 18.6. The molecule has 1 heterocycles. The summed E-state index contributed by atoms with van der Waals surface area (Å²) in [5.41, 5.74) is 2.21. The SMILES string of the molecule is CCS(=O)(=O)NCCN1CC(C)Oc2ccc(C)cc21. The maximum absolute atomic E-state index is 11.5. The number of hydrogen-bond donors (Lipinski definition) is 1. The third-order valence-electron chi connectivity index (χ3n) is 3.34. The van der Waals surface area contributed by atoms with Crippen LogP contribution in [0.15, 0.2) is 18.2 Å². The van der Waals surface area contributed by atoms with Gasteiger partial charge in [-0.25, -0.2) is 13.1 Å². The van der Waals surface area contributed by atoms with Crippen molar-refractivity contribution in [2.75, 3.05) is 30.3 Å². The molecular weight excluding hydrogens is 276 g/mol. The van der Waals surface area contributed by atoms with E-state index in [4.69, 9.17) is 4.74 Å². The number of aryl methyl sites for hydroxylation is 1. The molecule has 5 nitrogen and oxygen atoms in total. The van der Waals surface area contributed by atoms with Gasteiger partial charge in [-0.2, -0.15) is 0 Å². The number of nitrogens with one attached hydrogen (secondary N) is 1. The van der Waals surface area contributed by atoms with E-state index in [-0.39, 0.29) is 11.9 Å². The van der Waals surface area contributed by atoms with Gasteiger partial charge in [0.15, 0.2) is 0 Å². The Morgan fingerprint density at radius 3 is 2.90 bits per heavy atom. The van der Waals surface area contributed by atoms with Crippen LogP contribution in [-0.4, -0.2) is 39.9 Å². The van der Waals surface area contributed by atoms with Crippen LogP contribution >= 0.6 is 0 Å². The van der Waals surface area contributed by atoms with Crippen molar-refractivity contribution in [3.8, 4) is 5.75 Å². The first-order chi connectivity index (χ1) is 9.41. The van der Waals surface area contributed by atoms with Gasteiger partial charge in [0.2, 0.25) is 10.0 Å². The number of ether oxygens (including phenoxy) is 1. The highest BCUT2D eigenvalue weighted by atomic mass is 32.2. The van der Waals surface area contributed by atoms with E-state index in [9.17, 15) is 8.42 Å². The summed E-state index contributed by atoms with van der Waals surface area (Å²) in [6.07, 6.45) is 0.105. The van der Waals surface area contributed by atoms with Crippen LogP contribution in [-0.2, 0) is 10.0 Å². The molecule has 0 bridgehead atoms. The van der Waals surface area contributed by atoms with Crippen molar-refractivity contribution in [3.63, 3.8) is 0 Å². The first kappa shape index (κ1) is 15.1. The van der Waals surface area contributed by atoms with E-state index in [0.29, 0.717) is 13.1 Å². The first-order valence-corrected chi connectivity index (χ1v) is 8.56. The highest BCUT2D eigenvalue weighted by Crippen LogP contribution is 2.33. The largest absolute Gasteiger partial charge is 0.487 e. The molecule has 0 spiro atoms. The predicted molar refractivity (Wildman–Crippen MR) is 80.9 cm³/mol. The lowest BCUT2D eigenvalue weighted by molar-refractivity contribution is 0.213. The minimum absolute atomic E-state index is 0.105. The first-order valence-electron chi connectivity index (χ1n) is 6.91. The Hall–Kier alpha value is -1.27. The fourth-order valence-corrected chi connectivity index (χ4v) is 2.89. The van der Waals surface area contributed by atoms with Crippen LogP contribution in [0, 0.1) is 6.92 Å². The van der Waals surface area contributed by atoms with E-state index in [0.717, 1.165) is 18.0 Å². The Labute approximate surface area is 121 Å². The van der Waals surface area contributed by atoms with Gasteiger partial charge in [0.1, 0.15) is 11.9 Å². The maximum atomic E-state index is 11.5. The molecule has 1 aromatic carbocycles. The van der Waals surface area contributed by atoms with Crippen LogP contribution in [0.3, 0.4) is 0 Å². The Kier molecular flexibility index (Phi) is 4.55. The molecule has 1 aromatic rings. The van der Waals surface area contributed by atoms with Gasteiger partial charge in [-0.05, 0) is 38.5 Å². The average Bonchev–Trinajstić information content (AvgIpc) is 2.39. The van der Waals surface area contributed by atoms with E-state index in [2.05, 4.69) is 15.7 Å². The van der Waals surface area contributed by atoms with Gasteiger partial charge in [0.25, 0.3) is 0 Å². The highest BCUT2D eigenvalue weighted by Gasteiger charge is 2.22. The van der Waals surface area contributed by atoms with Crippen molar-refractivity contribution in [2.45, 2.75) is 26.9 Å². The van der Waals surface area contributed by atoms with Crippen molar-refractivity contribution >= 4 is 15.7 Å². The topological polar surface area (TPSA) is 58.6 Å². The molecule has 1 N–H and O–H groups in total. The van der Waals surface area contributed by atoms with E-state index in [1.54, 1.807) is 6.92 Å². The average molecular weight is 298 g/mol. The number of hydrogen-bond acceptors (Lipinski definition) is 4. The molecule has 2 rings (SSSR count). The lowest BCUT2D eigenvalue weighted by Gasteiger charge is -2.35. The number of fused-ring (bicyclic) bond motifs is 1. The minimum Gasteiger partial charge on any atom is -0.487 e. The zero-order valence-electron chi connectivity index (χ0n) is 12.2. The van der Waals surface area contributed by atoms with E-state index < -0.39 is 10.0 Å². The molecule has 0 radical (unpaired) electrons. The van der Waals surface area contributed by atoms with Crippen LogP contribution < -0.4 is 14.4 Å². The summed E-state index contributed by atoms with van der Waals surface area (Å²) < 4.78 is 31.3. The zero-order valence-corrected chi connectivity index (χ0v) is 13.0. The Morgan fingerprint density at radius 2 is 2.20 bits per heavy atom. The second-order valence-electron chi connectivity index (χ2n) is 5.14. The van der Waals surface area contributed by atoms with Crippen LogP contribution in [0.2, 0.25) is 0 Å². The molecule has 0 saturated heterocycles. The maximum Gasteiger partial charge on any atom is 0.211 e. The number of benzene rings is 1. The molecular formula is C14H22N2O3S. The third-order valence-corrected chi connectivity index (χ3v) is 4.75. The number of nitrogens with zero attached hydrogens (tertiary/aromatic N) is 1. The van der Waals surface area contributed by atoms with Gasteiger partial charge < -0.3 is 9.64 Å². The lowest BCUT2D eigenvalue weighted by Crippen LogP contribution is -2.42. The minimum atomic E-state index is -3.13. The lowest BCUT2D eigenvalue weighted by atomic mass is 10.1. The van der Waals surface area contributed by atoms with Gasteiger partial charge in [-0.3, -0.25) is 0 Å². The highest BCUT2D eigenvalue weighted by molar-refractivity contribution is 7.89. The summed E-state index contributed by atoms with van der Waals surface area (Å²) in [5, 5.41) is 0. The fourth-order valence-electron chi connectivity index (χ4n) is 2.29. The molecule has 1 atom stereocenters. The quantitative estimate of drug-likeness (QED) is 0.895. The molecule has 1 unspecified atom stereocenters. The summed E-state index contributed by atoms with van der Waals surface area (Å²) >= 11 is 0. The van der Waals surface area contributed by atoms with Gasteiger partial charge >= 0.3 is 0 Å². The second-order valence-corrected chi connectivity index (χ2v) is 7.24. The van der Waals surface area contributed by atoms with Gasteiger partial charge in [-0.1, -0.05) is 6.07 Å². The van der Waals surface area contributed by atoms with Crippen LogP contribution in [0.5, 0.6) is 5.75 Å². The summed E-state index contributed by atoms with van der Waals surface area (Å²) in [4.78, 5) is 2.18. The van der Waals surface area contributed by atoms with Gasteiger partial charge in [-0.15, -0.1) is 0 Å². The van der Waals surface area contributed by atoms with Gasteiger partial charge in [0, 0.05) is 13.1 Å². The molecule has 0 saturated carbocycles. The van der Waals surface area contributed by atoms with E-state index >= 15 is 0 Å². The molecule has 112 valence electrons. The molecule has 0 aliphatic carbocycles. The Morgan fingerprint density at radius 1 is 1.45 bits per heavy atom. The molecule has 20 heavy (non-hydrogen) atoms. The Balaban J connectivity index is 2.07. The molecule has 1 aliphatic heterocycles. The van der Waals surface area contributed by atoms with E-state index in [1.807, 2.05) is 26.0 Å². The van der Waals surface area contributed by atoms with Crippen molar-refractivity contribution in [1.29, 1.82) is 0 Å². The molecule has 0 amide bonds. The number of rotatable bonds is 5. The molecule has 6 heteroatoms. The monoisotopic (exact) mass is 298 g/mol. The van der Waals surface area contributed by atoms with Crippen LogP contribution in [0.4, 0.5) is 5.69 Å². The molecule has 0 aromatic heterocycles. The molecule has 1 aliphatic rings. The zero-order chi connectivity index (χ0) is 14.8. The number of anilines is 1. The summed E-state index contributed by atoms with van der Waals surface area (Å²) in [6, 6.07) is 6.08. The van der Waals surface area contributed by atoms with Gasteiger partial charge in [0.05, 0.1) is 18.0 Å². The van der Waals surface area contributed by atoms with E-state index in [1.165, 1.54) is 5.56 Å². The summed E-state index contributed by atoms with van der Waals surface area (Å²) in [5.74, 6) is 0.982. The molecule has 0 fully saturated rings. The smallest absolute Gasteiger partial charge is 0.211 e. The second kappa shape index (κ2) is 6.01. The fraction of sp³-hybridized carbons (Fsp3) is 0.571. The van der Waals surface area contributed by atoms with Crippen molar-refractivity contribution in [1.82, 2.24) is 4.72 Å². The van der Waals surface area contributed by atoms with Crippen molar-refractivity contribution in [2.24, 2.45) is 0 Å². The van der Waals surface area contributed by atoms with Crippen LogP contribution in [0.1, 0.15) is 19.4 Å². The van der Waals surface area contributed by atoms with Crippen molar-refractivity contribution < 1.29 is 13.2 Å². The Bertz CT molecular complexity index is 572. The predicted octanol–water partition coefficient (Wildman–Crippen LogP) is 1.52. The van der Waals surface area contributed by atoms with Crippen molar-refractivity contribution in [3.05, 3.63) is 23.8 Å².